The van der Waals surface area contributed by atoms with E-state index in [1.54, 1.807) is 0 Å². The van der Waals surface area contributed by atoms with Crippen molar-refractivity contribution in [2.75, 3.05) is 10.6 Å². The van der Waals surface area contributed by atoms with Gasteiger partial charge in [-0.2, -0.15) is 13.2 Å². The number of anilines is 4. The largest absolute Gasteiger partial charge is 0.417 e. The van der Waals surface area contributed by atoms with Crippen molar-refractivity contribution in [1.29, 1.82) is 0 Å². The van der Waals surface area contributed by atoms with E-state index in [1.165, 1.54) is 24.3 Å². The van der Waals surface area contributed by atoms with Crippen LogP contribution in [-0.2, 0) is 6.18 Å². The first-order valence-electron chi connectivity index (χ1n) is 8.21. The number of aromatic nitrogens is 2. The number of halogens is 4. The standard InChI is InChI=1S/C17H10ClF3N6O4/c18-13-5-4-10(7-12(13)17(19,20)21)25-16-14(27(30)31)15(22-8-23-16)24-9-2-1-3-11(6-9)26(28)29/h1-8H,(H2,22,23,24,25). The van der Waals surface area contributed by atoms with Gasteiger partial charge >= 0.3 is 11.9 Å². The third kappa shape index (κ3) is 4.95. The second kappa shape index (κ2) is 8.39. The number of nitrogens with one attached hydrogen (secondary N) is 2. The summed E-state index contributed by atoms with van der Waals surface area (Å²) < 4.78 is 39.2. The fraction of sp³-hybridized carbons (Fsp3) is 0.0588. The Morgan fingerprint density at radius 1 is 0.903 bits per heavy atom. The summed E-state index contributed by atoms with van der Waals surface area (Å²) >= 11 is 5.58. The van der Waals surface area contributed by atoms with Gasteiger partial charge in [0, 0.05) is 23.5 Å². The molecule has 0 aliphatic heterocycles. The number of hydrogen-bond donors (Lipinski definition) is 2. The highest BCUT2D eigenvalue weighted by Crippen LogP contribution is 2.38. The molecule has 0 aliphatic carbocycles. The van der Waals surface area contributed by atoms with Crippen molar-refractivity contribution in [3.63, 3.8) is 0 Å². The number of benzene rings is 2. The predicted octanol–water partition coefficient (Wildman–Crippen LogP) is 5.45. The van der Waals surface area contributed by atoms with Gasteiger partial charge in [-0.15, -0.1) is 0 Å². The van der Waals surface area contributed by atoms with E-state index in [1.807, 2.05) is 0 Å². The Morgan fingerprint density at radius 3 is 2.06 bits per heavy atom. The fourth-order valence-electron chi connectivity index (χ4n) is 2.53. The molecule has 0 fully saturated rings. The first kappa shape index (κ1) is 21.7. The summed E-state index contributed by atoms with van der Waals surface area (Å²) in [6, 6.07) is 8.00. The minimum atomic E-state index is -4.73. The molecule has 0 amide bonds. The van der Waals surface area contributed by atoms with Gasteiger partial charge in [0.1, 0.15) is 6.33 Å². The highest BCUT2D eigenvalue weighted by molar-refractivity contribution is 6.31. The Bertz CT molecular complexity index is 1170. The van der Waals surface area contributed by atoms with Gasteiger partial charge in [0.05, 0.1) is 20.4 Å². The summed E-state index contributed by atoms with van der Waals surface area (Å²) in [6.07, 6.45) is -3.79. The Kier molecular flexibility index (Phi) is 5.88. The summed E-state index contributed by atoms with van der Waals surface area (Å²) in [5.41, 5.74) is -2.10. The highest BCUT2D eigenvalue weighted by atomic mass is 35.5. The zero-order valence-electron chi connectivity index (χ0n) is 15.1. The van der Waals surface area contributed by atoms with Gasteiger partial charge in [-0.3, -0.25) is 20.2 Å². The Hall–Kier alpha value is -4.00. The Balaban J connectivity index is 1.99. The van der Waals surface area contributed by atoms with Crippen LogP contribution in [0.1, 0.15) is 5.56 Å². The lowest BCUT2D eigenvalue weighted by atomic mass is 10.2. The van der Waals surface area contributed by atoms with Crippen LogP contribution in [-0.4, -0.2) is 19.8 Å². The number of nitrogens with zero attached hydrogens (tertiary/aromatic N) is 4. The van der Waals surface area contributed by atoms with Gasteiger partial charge in [0.2, 0.25) is 11.6 Å². The molecule has 0 unspecified atom stereocenters. The number of rotatable bonds is 6. The topological polar surface area (TPSA) is 136 Å². The fourth-order valence-corrected chi connectivity index (χ4v) is 2.75. The van der Waals surface area contributed by atoms with Gasteiger partial charge in [-0.25, -0.2) is 9.97 Å². The van der Waals surface area contributed by atoms with E-state index in [0.29, 0.717) is 6.07 Å². The smallest absolute Gasteiger partial charge is 0.334 e. The molecule has 0 radical (unpaired) electrons. The van der Waals surface area contributed by atoms with Crippen LogP contribution in [0.5, 0.6) is 0 Å². The van der Waals surface area contributed by atoms with Gasteiger partial charge < -0.3 is 10.6 Å². The quantitative estimate of drug-likeness (QED) is 0.370. The minimum Gasteiger partial charge on any atom is -0.334 e. The first-order chi connectivity index (χ1) is 14.6. The van der Waals surface area contributed by atoms with E-state index >= 15 is 0 Å². The van der Waals surface area contributed by atoms with Crippen molar-refractivity contribution in [3.8, 4) is 0 Å². The number of nitro groups is 2. The molecule has 3 aromatic rings. The van der Waals surface area contributed by atoms with Crippen LogP contribution >= 0.6 is 11.6 Å². The molecule has 0 saturated carbocycles. The number of alkyl halides is 3. The average Bonchev–Trinajstić information content (AvgIpc) is 2.68. The van der Waals surface area contributed by atoms with Crippen LogP contribution in [0.25, 0.3) is 0 Å². The maximum absolute atomic E-state index is 13.1. The van der Waals surface area contributed by atoms with E-state index in [0.717, 1.165) is 18.5 Å². The van der Waals surface area contributed by atoms with Gasteiger partial charge in [-0.05, 0) is 24.3 Å². The summed E-state index contributed by atoms with van der Waals surface area (Å²) in [6.45, 7) is 0. The molecule has 2 aromatic carbocycles. The minimum absolute atomic E-state index is 0.132. The predicted molar refractivity (Wildman–Crippen MR) is 105 cm³/mol. The zero-order chi connectivity index (χ0) is 22.8. The van der Waals surface area contributed by atoms with Crippen molar-refractivity contribution in [1.82, 2.24) is 9.97 Å². The number of nitro benzene ring substituents is 1. The molecule has 160 valence electrons. The van der Waals surface area contributed by atoms with Crippen LogP contribution in [0.4, 0.5) is 47.6 Å². The van der Waals surface area contributed by atoms with Crippen LogP contribution in [0, 0.1) is 20.2 Å². The molecule has 0 bridgehead atoms. The molecular formula is C17H10ClF3N6O4. The van der Waals surface area contributed by atoms with Crippen molar-refractivity contribution in [2.24, 2.45) is 0 Å². The lowest BCUT2D eigenvalue weighted by Crippen LogP contribution is -2.08. The second-order valence-electron chi connectivity index (χ2n) is 5.93. The van der Waals surface area contributed by atoms with Crippen LogP contribution in [0.3, 0.4) is 0 Å². The molecule has 31 heavy (non-hydrogen) atoms. The van der Waals surface area contributed by atoms with Gasteiger partial charge in [0.25, 0.3) is 5.69 Å². The molecule has 2 N–H and O–H groups in total. The molecule has 0 saturated heterocycles. The summed E-state index contributed by atoms with van der Waals surface area (Å²) in [5.74, 6) is -0.726. The molecule has 14 heteroatoms. The molecule has 1 heterocycles. The van der Waals surface area contributed by atoms with Gasteiger partial charge in [0.15, 0.2) is 0 Å². The van der Waals surface area contributed by atoms with E-state index in [9.17, 15) is 33.4 Å². The Labute approximate surface area is 176 Å². The summed E-state index contributed by atoms with van der Waals surface area (Å²) in [4.78, 5) is 28.5. The van der Waals surface area contributed by atoms with E-state index in [-0.39, 0.29) is 22.9 Å². The molecular weight excluding hydrogens is 445 g/mol. The lowest BCUT2D eigenvalue weighted by Gasteiger charge is -2.13. The van der Waals surface area contributed by atoms with Gasteiger partial charge in [-0.1, -0.05) is 17.7 Å². The first-order valence-corrected chi connectivity index (χ1v) is 8.58. The maximum atomic E-state index is 13.1. The number of hydrogen-bond acceptors (Lipinski definition) is 8. The summed E-state index contributed by atoms with van der Waals surface area (Å²) in [7, 11) is 0. The van der Waals surface area contributed by atoms with E-state index < -0.39 is 38.1 Å². The third-order valence-corrected chi connectivity index (χ3v) is 4.19. The second-order valence-corrected chi connectivity index (χ2v) is 6.33. The lowest BCUT2D eigenvalue weighted by molar-refractivity contribution is -0.384. The van der Waals surface area contributed by atoms with Crippen LogP contribution < -0.4 is 10.6 Å². The zero-order valence-corrected chi connectivity index (χ0v) is 15.8. The molecule has 0 aliphatic rings. The Morgan fingerprint density at radius 2 is 1.52 bits per heavy atom. The average molecular weight is 455 g/mol. The van der Waals surface area contributed by atoms with E-state index in [4.69, 9.17) is 11.6 Å². The van der Waals surface area contributed by atoms with E-state index in [2.05, 4.69) is 20.6 Å². The molecule has 10 nitrogen and oxygen atoms in total. The SMILES string of the molecule is O=[N+]([O-])c1cccc(Nc2ncnc(Nc3ccc(Cl)c(C(F)(F)F)c3)c2[N+](=O)[O-])c1. The molecule has 0 spiro atoms. The monoisotopic (exact) mass is 454 g/mol. The van der Waals surface area contributed by atoms with Crippen molar-refractivity contribution in [2.45, 2.75) is 6.18 Å². The van der Waals surface area contributed by atoms with Crippen molar-refractivity contribution < 1.29 is 23.0 Å². The molecule has 3 rings (SSSR count). The van der Waals surface area contributed by atoms with Crippen LogP contribution in [0.15, 0.2) is 48.8 Å². The maximum Gasteiger partial charge on any atom is 0.417 e. The third-order valence-electron chi connectivity index (χ3n) is 3.86. The molecule has 0 atom stereocenters. The molecule has 1 aromatic heterocycles. The van der Waals surface area contributed by atoms with Crippen molar-refractivity contribution in [3.05, 3.63) is 79.6 Å². The van der Waals surface area contributed by atoms with Crippen molar-refractivity contribution >= 4 is 46.0 Å². The number of non-ortho nitro benzene ring substituents is 1. The van der Waals surface area contributed by atoms with Crippen LogP contribution in [0.2, 0.25) is 5.02 Å². The highest BCUT2D eigenvalue weighted by Gasteiger charge is 2.33. The summed E-state index contributed by atoms with van der Waals surface area (Å²) in [5, 5.41) is 27.0. The normalized spacial score (nSPS) is 11.1.